The molecule has 1 heterocycles. The van der Waals surface area contributed by atoms with Gasteiger partial charge in [-0.2, -0.15) is 0 Å². The van der Waals surface area contributed by atoms with Gasteiger partial charge in [0.05, 0.1) is 0 Å². The molecule has 0 radical (unpaired) electrons. The van der Waals surface area contributed by atoms with E-state index < -0.39 is 0 Å². The Kier molecular flexibility index (Phi) is 37.4. The molecule has 8 aliphatic rings. The van der Waals surface area contributed by atoms with E-state index in [1.54, 1.807) is 0 Å². The molecule has 1 aliphatic heterocycles. The van der Waals surface area contributed by atoms with Crippen molar-refractivity contribution in [1.82, 2.24) is 34.3 Å². The fraction of sp³-hybridized carbons (Fsp3) is 1.00. The highest BCUT2D eigenvalue weighted by molar-refractivity contribution is 4.87. The number of hydrogen-bond acceptors (Lipinski definition) is 14. The topological polar surface area (TPSA) is 164 Å². The summed E-state index contributed by atoms with van der Waals surface area (Å²) in [5.74, 6) is 4.11. The number of hydrogen-bond donors (Lipinski definition) is 7. The molecule has 0 bridgehead atoms. The van der Waals surface area contributed by atoms with E-state index in [0.717, 1.165) is 30.5 Å². The van der Waals surface area contributed by atoms with E-state index >= 15 is 0 Å². The molecule has 8 rings (SSSR count). The molecule has 442 valence electrons. The van der Waals surface area contributed by atoms with E-state index in [0.29, 0.717) is 106 Å². The first kappa shape index (κ1) is 69.5. The molecule has 74 heavy (non-hydrogen) atoms. The van der Waals surface area contributed by atoms with Crippen LogP contribution in [0.3, 0.4) is 0 Å². The van der Waals surface area contributed by atoms with Gasteiger partial charge in [0.1, 0.15) is 0 Å². The second kappa shape index (κ2) is 39.8. The smallest absolute Gasteiger partial charge is 0.0474 e. The average molecular weight is 1060 g/mol. The molecule has 14 atom stereocenters. The molecule has 14 heteroatoms. The summed E-state index contributed by atoms with van der Waals surface area (Å²) in [5.41, 5.74) is 0. The van der Waals surface area contributed by atoms with Gasteiger partial charge in [0.2, 0.25) is 0 Å². The molecule has 7 aliphatic carbocycles. The maximum atomic E-state index is 9.08. The molecule has 7 N–H and O–H groups in total. The highest BCUT2D eigenvalue weighted by Gasteiger charge is 2.33. The average Bonchev–Trinajstić information content (AvgIpc) is 4.25. The maximum Gasteiger partial charge on any atom is 0.0474 e. The number of likely N-dealkylation sites (tertiary alicyclic amines) is 1. The fourth-order valence-corrected chi connectivity index (χ4v) is 13.9. The van der Waals surface area contributed by atoms with Crippen molar-refractivity contribution in [2.24, 2.45) is 41.4 Å². The van der Waals surface area contributed by atoms with Gasteiger partial charge in [-0.3, -0.25) is 0 Å². The third-order valence-electron chi connectivity index (χ3n) is 19.0. The van der Waals surface area contributed by atoms with Crippen molar-refractivity contribution in [3.63, 3.8) is 0 Å². The first-order valence-electron chi connectivity index (χ1n) is 30.4. The Hall–Kier alpha value is -0.560. The summed E-state index contributed by atoms with van der Waals surface area (Å²) in [6, 6.07) is 4.86. The molecule has 0 aromatic carbocycles. The standard InChI is InChI=1S/C10H19NO.3C9H19NO.2C8H17NO.C7H15NO/c12-8-9-3-4-10(7-9)11-5-1-2-6-11;1-10(2)9-5-3-4-8(6-9)7-11;1-10(2)9-5-3-4-8(9)6-7-11;1-10(2)9-6-4-3-5-8(9)7-11;1-9(2)8-4-3-7(5-8)6-10;1-9(2)8-5-3-4-7(8)6-10;1-8(2)7-4-3-6(7)5-9/h9-10,12H,1-8H2;3*8-9,11H,3-7H2,1-2H3;2*7-8,10H,3-6H2,1-2H3;6-7,9H,3-5H2,1-2H3. The van der Waals surface area contributed by atoms with E-state index in [4.69, 9.17) is 35.7 Å². The summed E-state index contributed by atoms with van der Waals surface area (Å²) in [6.45, 7) is 5.23. The van der Waals surface area contributed by atoms with Crippen LogP contribution >= 0.6 is 0 Å². The number of rotatable bonds is 15. The Morgan fingerprint density at radius 3 is 1.07 bits per heavy atom. The monoisotopic (exact) mass is 1060 g/mol. The molecule has 7 saturated carbocycles. The highest BCUT2D eigenvalue weighted by Crippen LogP contribution is 2.34. The minimum absolute atomic E-state index is 0.356. The first-order chi connectivity index (χ1) is 35.4. The van der Waals surface area contributed by atoms with Crippen molar-refractivity contribution in [3.8, 4) is 0 Å². The second-order valence-corrected chi connectivity index (χ2v) is 25.5. The second-order valence-electron chi connectivity index (χ2n) is 25.5. The summed E-state index contributed by atoms with van der Waals surface area (Å²) >= 11 is 0. The van der Waals surface area contributed by atoms with Crippen LogP contribution in [0.15, 0.2) is 0 Å². The molecular formula is C60H125N7O7. The molecule has 0 aromatic rings. The lowest BCUT2D eigenvalue weighted by atomic mass is 9.79. The SMILES string of the molecule is CN(C)C1CCC(CO)C1.CN(C)C1CCC1CO.CN(C)C1CCCC(CO)C1.CN(C)C1CCCC1CCO.CN(C)C1CCCC1CO.CN(C)C1CCCCC1CO.OCC1CCC(N2CCCC2)C1. The molecule has 0 spiro atoms. The fourth-order valence-electron chi connectivity index (χ4n) is 13.9. The van der Waals surface area contributed by atoms with Crippen LogP contribution in [0.2, 0.25) is 0 Å². The summed E-state index contributed by atoms with van der Waals surface area (Å²) < 4.78 is 0. The Bertz CT molecular complexity index is 1330. The van der Waals surface area contributed by atoms with Crippen LogP contribution in [0, 0.1) is 41.4 Å². The van der Waals surface area contributed by atoms with Gasteiger partial charge in [-0.05, 0) is 268 Å². The van der Waals surface area contributed by atoms with Gasteiger partial charge < -0.3 is 70.0 Å². The molecule has 14 unspecified atom stereocenters. The molecule has 0 aromatic heterocycles. The van der Waals surface area contributed by atoms with Gasteiger partial charge >= 0.3 is 0 Å². The van der Waals surface area contributed by atoms with E-state index in [2.05, 4.69) is 119 Å². The van der Waals surface area contributed by atoms with Crippen molar-refractivity contribution in [2.75, 3.05) is 144 Å². The van der Waals surface area contributed by atoms with Crippen molar-refractivity contribution in [2.45, 2.75) is 203 Å². The maximum absolute atomic E-state index is 9.08. The Labute approximate surface area is 456 Å². The number of aliphatic hydroxyl groups is 7. The minimum Gasteiger partial charge on any atom is -0.396 e. The van der Waals surface area contributed by atoms with Gasteiger partial charge in [-0.15, -0.1) is 0 Å². The van der Waals surface area contributed by atoms with E-state index in [1.165, 1.54) is 167 Å². The van der Waals surface area contributed by atoms with Crippen LogP contribution < -0.4 is 0 Å². The summed E-state index contributed by atoms with van der Waals surface area (Å²) in [6.07, 6.45) is 31.5. The number of nitrogens with zero attached hydrogens (tertiary/aromatic N) is 7. The molecule has 14 nitrogen and oxygen atoms in total. The van der Waals surface area contributed by atoms with Gasteiger partial charge in [-0.1, -0.05) is 32.1 Å². The zero-order chi connectivity index (χ0) is 55.2. The van der Waals surface area contributed by atoms with Crippen molar-refractivity contribution in [1.29, 1.82) is 0 Å². The Morgan fingerprint density at radius 1 is 0.311 bits per heavy atom. The molecule has 8 fully saturated rings. The van der Waals surface area contributed by atoms with Crippen molar-refractivity contribution in [3.05, 3.63) is 0 Å². The third-order valence-corrected chi connectivity index (χ3v) is 19.0. The third kappa shape index (κ3) is 25.7. The molecule has 1 saturated heterocycles. The van der Waals surface area contributed by atoms with E-state index in [9.17, 15) is 0 Å². The lowest BCUT2D eigenvalue weighted by molar-refractivity contribution is 0.0557. The van der Waals surface area contributed by atoms with Crippen LogP contribution in [0.25, 0.3) is 0 Å². The zero-order valence-corrected chi connectivity index (χ0v) is 50.4. The summed E-state index contributed by atoms with van der Waals surface area (Å²) in [4.78, 5) is 16.1. The quantitative estimate of drug-likeness (QED) is 0.0982. The van der Waals surface area contributed by atoms with Crippen molar-refractivity contribution >= 4 is 0 Å². The first-order valence-corrected chi connectivity index (χ1v) is 30.4. The summed E-state index contributed by atoms with van der Waals surface area (Å²) in [5, 5.41) is 62.5. The van der Waals surface area contributed by atoms with Crippen LogP contribution in [0.5, 0.6) is 0 Å². The largest absolute Gasteiger partial charge is 0.396 e. The zero-order valence-electron chi connectivity index (χ0n) is 50.4. The Morgan fingerprint density at radius 2 is 0.689 bits per heavy atom. The molecule has 0 amide bonds. The van der Waals surface area contributed by atoms with E-state index in [1.807, 2.05) is 0 Å². The lowest BCUT2D eigenvalue weighted by Gasteiger charge is -2.39. The van der Waals surface area contributed by atoms with Crippen LogP contribution in [0.1, 0.15) is 161 Å². The van der Waals surface area contributed by atoms with Gasteiger partial charge in [0.25, 0.3) is 0 Å². The lowest BCUT2D eigenvalue weighted by Crippen LogP contribution is -2.44. The number of aliphatic hydroxyl groups excluding tert-OH is 7. The van der Waals surface area contributed by atoms with Gasteiger partial charge in [-0.25, -0.2) is 0 Å². The van der Waals surface area contributed by atoms with Crippen LogP contribution in [-0.4, -0.2) is 256 Å². The normalized spacial score (nSPS) is 33.9. The predicted octanol–water partition coefficient (Wildman–Crippen LogP) is 6.28. The minimum atomic E-state index is 0.356. The highest BCUT2D eigenvalue weighted by atomic mass is 16.3. The van der Waals surface area contributed by atoms with Gasteiger partial charge in [0, 0.05) is 88.5 Å². The van der Waals surface area contributed by atoms with Crippen LogP contribution in [-0.2, 0) is 0 Å². The van der Waals surface area contributed by atoms with Crippen molar-refractivity contribution < 1.29 is 35.7 Å². The van der Waals surface area contributed by atoms with Gasteiger partial charge in [0.15, 0.2) is 0 Å². The predicted molar refractivity (Wildman–Crippen MR) is 310 cm³/mol. The van der Waals surface area contributed by atoms with Crippen LogP contribution in [0.4, 0.5) is 0 Å². The van der Waals surface area contributed by atoms with E-state index in [-0.39, 0.29) is 0 Å². The molecular weight excluding hydrogens is 931 g/mol. The Balaban J connectivity index is 0.000000296. The summed E-state index contributed by atoms with van der Waals surface area (Å²) in [7, 11) is 25.3.